The molecule has 0 atom stereocenters. The van der Waals surface area contributed by atoms with E-state index in [1.165, 1.54) is 0 Å². The Morgan fingerprint density at radius 2 is 2.00 bits per heavy atom. The lowest BCUT2D eigenvalue weighted by Crippen LogP contribution is -2.43. The van der Waals surface area contributed by atoms with Crippen molar-refractivity contribution in [3.8, 4) is 0 Å². The number of ether oxygens (including phenoxy) is 1. The summed E-state index contributed by atoms with van der Waals surface area (Å²) in [5.74, 6) is 0.625. The highest BCUT2D eigenvalue weighted by atomic mass is 16.5. The minimum atomic E-state index is -0.0778. The molecule has 5 nitrogen and oxygen atoms in total. The summed E-state index contributed by atoms with van der Waals surface area (Å²) in [6.45, 7) is 8.77. The van der Waals surface area contributed by atoms with Crippen LogP contribution in [-0.4, -0.2) is 46.9 Å². The van der Waals surface area contributed by atoms with Crippen LogP contribution in [0.3, 0.4) is 0 Å². The number of quaternary nitrogens is 1. The fourth-order valence-electron chi connectivity index (χ4n) is 1.75. The second-order valence-corrected chi connectivity index (χ2v) is 6.47. The van der Waals surface area contributed by atoms with E-state index in [0.29, 0.717) is 5.82 Å². The average Bonchev–Trinajstić information content (AvgIpc) is 2.46. The highest BCUT2D eigenvalue weighted by Crippen LogP contribution is 2.15. The molecule has 18 heavy (non-hydrogen) atoms. The summed E-state index contributed by atoms with van der Waals surface area (Å²) in [6, 6.07) is 0. The van der Waals surface area contributed by atoms with Crippen molar-refractivity contribution >= 4 is 5.82 Å². The van der Waals surface area contributed by atoms with Gasteiger partial charge in [-0.25, -0.2) is 4.98 Å². The Morgan fingerprint density at radius 1 is 1.39 bits per heavy atom. The number of aryl methyl sites for hydroxylation is 1. The highest BCUT2D eigenvalue weighted by molar-refractivity contribution is 5.34. The van der Waals surface area contributed by atoms with Crippen molar-refractivity contribution in [1.82, 2.24) is 9.55 Å². The molecular formula is C13H27N4O+. The predicted molar refractivity (Wildman–Crippen MR) is 74.0 cm³/mol. The van der Waals surface area contributed by atoms with Gasteiger partial charge in [0.1, 0.15) is 18.8 Å². The summed E-state index contributed by atoms with van der Waals surface area (Å²) in [4.78, 5) is 4.12. The van der Waals surface area contributed by atoms with Crippen LogP contribution >= 0.6 is 0 Å². The number of hydrogen-bond acceptors (Lipinski definition) is 3. The van der Waals surface area contributed by atoms with Crippen LogP contribution in [0.2, 0.25) is 0 Å². The molecule has 1 aromatic heterocycles. The van der Waals surface area contributed by atoms with Crippen LogP contribution in [0.5, 0.6) is 0 Å². The van der Waals surface area contributed by atoms with Crippen molar-refractivity contribution in [3.63, 3.8) is 0 Å². The van der Waals surface area contributed by atoms with Crippen LogP contribution in [0.15, 0.2) is 6.33 Å². The van der Waals surface area contributed by atoms with Crippen molar-refractivity contribution in [3.05, 3.63) is 12.0 Å². The van der Waals surface area contributed by atoms with Crippen LogP contribution in [-0.2, 0) is 18.3 Å². The quantitative estimate of drug-likeness (QED) is 0.809. The van der Waals surface area contributed by atoms with E-state index in [9.17, 15) is 0 Å². The molecule has 0 saturated carbocycles. The molecule has 0 aromatic carbocycles. The van der Waals surface area contributed by atoms with Gasteiger partial charge in [-0.3, -0.25) is 0 Å². The van der Waals surface area contributed by atoms with Gasteiger partial charge in [0.05, 0.1) is 32.6 Å². The van der Waals surface area contributed by atoms with Gasteiger partial charge in [-0.05, 0) is 20.8 Å². The third-order valence-corrected chi connectivity index (χ3v) is 2.90. The molecular weight excluding hydrogens is 228 g/mol. The molecule has 0 unspecified atom stereocenters. The topological polar surface area (TPSA) is 53.1 Å². The number of anilines is 1. The molecule has 1 heterocycles. The molecule has 104 valence electrons. The number of likely N-dealkylation sites (N-methyl/N-ethyl adjacent to an activating group) is 1. The second kappa shape index (κ2) is 5.28. The molecule has 0 radical (unpaired) electrons. The van der Waals surface area contributed by atoms with Gasteiger partial charge in [-0.1, -0.05) is 0 Å². The Hall–Kier alpha value is -1.07. The SMILES string of the molecule is Cn1cnc(N)c1C[N+](C)(C)CCOC(C)(C)C. The molecule has 5 heteroatoms. The molecule has 1 aromatic rings. The Bertz CT molecular complexity index is 371. The predicted octanol–water partition coefficient (Wildman–Crippen LogP) is 1.39. The lowest BCUT2D eigenvalue weighted by Gasteiger charge is -2.31. The van der Waals surface area contributed by atoms with Gasteiger partial charge in [0, 0.05) is 7.05 Å². The monoisotopic (exact) mass is 255 g/mol. The van der Waals surface area contributed by atoms with E-state index in [4.69, 9.17) is 10.5 Å². The number of nitrogens with zero attached hydrogens (tertiary/aromatic N) is 3. The first-order chi connectivity index (χ1) is 8.11. The third-order valence-electron chi connectivity index (χ3n) is 2.90. The van der Waals surface area contributed by atoms with E-state index >= 15 is 0 Å². The maximum absolute atomic E-state index is 5.87. The van der Waals surface area contributed by atoms with Gasteiger partial charge in [0.2, 0.25) is 0 Å². The van der Waals surface area contributed by atoms with Crippen LogP contribution in [0.25, 0.3) is 0 Å². The van der Waals surface area contributed by atoms with Gasteiger partial charge in [-0.15, -0.1) is 0 Å². The van der Waals surface area contributed by atoms with Crippen LogP contribution in [0, 0.1) is 0 Å². The molecule has 0 aliphatic heterocycles. The minimum absolute atomic E-state index is 0.0778. The molecule has 0 bridgehead atoms. The van der Waals surface area contributed by atoms with E-state index < -0.39 is 0 Å². The van der Waals surface area contributed by atoms with Crippen molar-refractivity contribution in [2.24, 2.45) is 7.05 Å². The van der Waals surface area contributed by atoms with Crippen molar-refractivity contribution in [2.45, 2.75) is 32.9 Å². The number of nitrogens with two attached hydrogens (primary N) is 1. The van der Waals surface area contributed by atoms with Crippen LogP contribution in [0.4, 0.5) is 5.82 Å². The highest BCUT2D eigenvalue weighted by Gasteiger charge is 2.21. The van der Waals surface area contributed by atoms with E-state index in [2.05, 4.69) is 39.9 Å². The largest absolute Gasteiger partial charge is 0.382 e. The normalized spacial score (nSPS) is 13.0. The molecule has 0 aliphatic rings. The molecule has 0 fully saturated rings. The standard InChI is InChI=1S/C13H27N4O/c1-13(2,3)18-8-7-17(5,6)9-11-12(14)15-10-16(11)4/h10H,7-9,14H2,1-6H3/q+1. The van der Waals surface area contributed by atoms with Gasteiger partial charge >= 0.3 is 0 Å². The number of aromatic nitrogens is 2. The van der Waals surface area contributed by atoms with E-state index in [1.807, 2.05) is 11.6 Å². The van der Waals surface area contributed by atoms with Gasteiger partial charge in [-0.2, -0.15) is 0 Å². The molecule has 0 saturated heterocycles. The number of nitrogen functional groups attached to an aromatic ring is 1. The van der Waals surface area contributed by atoms with E-state index in [0.717, 1.165) is 29.9 Å². The Balaban J connectivity index is 2.55. The molecule has 0 spiro atoms. The maximum atomic E-state index is 5.87. The summed E-state index contributed by atoms with van der Waals surface area (Å²) < 4.78 is 8.59. The maximum Gasteiger partial charge on any atom is 0.150 e. The first kappa shape index (κ1) is 15.0. The van der Waals surface area contributed by atoms with Gasteiger partial charge in [0.25, 0.3) is 0 Å². The summed E-state index contributed by atoms with van der Waals surface area (Å²) in [5, 5.41) is 0. The number of hydrogen-bond donors (Lipinski definition) is 1. The summed E-state index contributed by atoms with van der Waals surface area (Å²) >= 11 is 0. The molecule has 0 aliphatic carbocycles. The zero-order chi connectivity index (χ0) is 14.0. The summed E-state index contributed by atoms with van der Waals surface area (Å²) in [6.07, 6.45) is 1.76. The zero-order valence-electron chi connectivity index (χ0n) is 12.5. The third kappa shape index (κ3) is 4.66. The minimum Gasteiger partial charge on any atom is -0.382 e. The second-order valence-electron chi connectivity index (χ2n) is 6.47. The lowest BCUT2D eigenvalue weighted by atomic mass is 10.2. The fraction of sp³-hybridized carbons (Fsp3) is 0.769. The van der Waals surface area contributed by atoms with Crippen molar-refractivity contribution < 1.29 is 9.22 Å². The summed E-state index contributed by atoms with van der Waals surface area (Å²) in [7, 11) is 6.33. The van der Waals surface area contributed by atoms with Gasteiger partial charge < -0.3 is 19.5 Å². The Labute approximate surface area is 110 Å². The average molecular weight is 255 g/mol. The Morgan fingerprint density at radius 3 is 2.44 bits per heavy atom. The van der Waals surface area contributed by atoms with Crippen molar-refractivity contribution in [2.75, 3.05) is 33.0 Å². The molecule has 2 N–H and O–H groups in total. The first-order valence-electron chi connectivity index (χ1n) is 6.32. The zero-order valence-corrected chi connectivity index (χ0v) is 12.5. The number of rotatable bonds is 5. The van der Waals surface area contributed by atoms with E-state index in [1.54, 1.807) is 6.33 Å². The summed E-state index contributed by atoms with van der Waals surface area (Å²) in [5.41, 5.74) is 6.87. The van der Waals surface area contributed by atoms with Crippen LogP contribution in [0.1, 0.15) is 26.5 Å². The fourth-order valence-corrected chi connectivity index (χ4v) is 1.75. The van der Waals surface area contributed by atoms with Crippen molar-refractivity contribution in [1.29, 1.82) is 0 Å². The molecule has 1 rings (SSSR count). The number of imidazole rings is 1. The lowest BCUT2D eigenvalue weighted by molar-refractivity contribution is -0.904. The van der Waals surface area contributed by atoms with Crippen LogP contribution < -0.4 is 5.73 Å². The molecule has 0 amide bonds. The Kier molecular flexibility index (Phi) is 4.40. The first-order valence-corrected chi connectivity index (χ1v) is 6.32. The smallest absolute Gasteiger partial charge is 0.150 e. The van der Waals surface area contributed by atoms with Gasteiger partial charge in [0.15, 0.2) is 5.82 Å². The van der Waals surface area contributed by atoms with E-state index in [-0.39, 0.29) is 5.60 Å².